The zero-order valence-corrected chi connectivity index (χ0v) is 44.6. The summed E-state index contributed by atoms with van der Waals surface area (Å²) in [6, 6.07) is -0.632. The van der Waals surface area contributed by atoms with Crippen molar-refractivity contribution < 1.29 is 24.5 Å². The predicted molar refractivity (Wildman–Crippen MR) is 292 cm³/mol. The zero-order valence-electron chi connectivity index (χ0n) is 44.6. The van der Waals surface area contributed by atoms with Crippen LogP contribution in [0.5, 0.6) is 0 Å². The van der Waals surface area contributed by atoms with Gasteiger partial charge in [0.25, 0.3) is 0 Å². The third kappa shape index (κ3) is 53.0. The first-order valence-corrected chi connectivity index (χ1v) is 29.4. The van der Waals surface area contributed by atoms with Crippen LogP contribution in [0.2, 0.25) is 0 Å². The smallest absolute Gasteiger partial charge is 0.305 e. The Morgan fingerprint density at radius 2 is 0.746 bits per heavy atom. The predicted octanol–water partition coefficient (Wildman–Crippen LogP) is 18.2. The summed E-state index contributed by atoms with van der Waals surface area (Å²) in [7, 11) is 0. The largest absolute Gasteiger partial charge is 0.465 e. The van der Waals surface area contributed by atoms with E-state index in [1.807, 2.05) is 6.08 Å². The maximum absolute atomic E-state index is 12.5. The van der Waals surface area contributed by atoms with Crippen molar-refractivity contribution >= 4 is 11.9 Å². The molecule has 2 atom stereocenters. The summed E-state index contributed by atoms with van der Waals surface area (Å²) in [6.45, 7) is 4.78. The molecule has 1 amide bonds. The summed E-state index contributed by atoms with van der Waals surface area (Å²) in [5.74, 6) is -0.118. The van der Waals surface area contributed by atoms with Gasteiger partial charge in [-0.05, 0) is 77.0 Å². The summed E-state index contributed by atoms with van der Waals surface area (Å²) in [6.07, 6.45) is 71.5. The van der Waals surface area contributed by atoms with E-state index in [2.05, 4.69) is 55.6 Å². The maximum Gasteiger partial charge on any atom is 0.305 e. The quantitative estimate of drug-likeness (QED) is 0.0321. The van der Waals surface area contributed by atoms with Crippen molar-refractivity contribution in [3.05, 3.63) is 48.6 Å². The van der Waals surface area contributed by atoms with Gasteiger partial charge in [-0.15, -0.1) is 0 Å². The SMILES string of the molecule is CCCCCC/C=C\CCCCCCCC(=O)OCC/C=C\C/C=C\CCCCCCCCCCCCCCCCC(=O)NC(CO)C(O)/C=C/CCCCCCCCCCCCCCCC. The topological polar surface area (TPSA) is 95.9 Å². The van der Waals surface area contributed by atoms with Crippen LogP contribution in [-0.4, -0.2) is 47.4 Å². The number of aliphatic hydroxyl groups excluding tert-OH is 2. The molecule has 0 fully saturated rings. The number of rotatable bonds is 54. The van der Waals surface area contributed by atoms with Crippen LogP contribution in [0.1, 0.15) is 303 Å². The number of esters is 1. The molecule has 0 aliphatic heterocycles. The van der Waals surface area contributed by atoms with Crippen molar-refractivity contribution in [3.63, 3.8) is 0 Å². The fourth-order valence-electron chi connectivity index (χ4n) is 8.82. The number of nitrogens with one attached hydrogen (secondary N) is 1. The number of hydrogen-bond acceptors (Lipinski definition) is 5. The summed E-state index contributed by atoms with van der Waals surface area (Å²) in [5.41, 5.74) is 0. The highest BCUT2D eigenvalue weighted by atomic mass is 16.5. The van der Waals surface area contributed by atoms with E-state index in [9.17, 15) is 19.8 Å². The number of allylic oxidation sites excluding steroid dienone is 6. The van der Waals surface area contributed by atoms with Gasteiger partial charge in [0.15, 0.2) is 0 Å². The van der Waals surface area contributed by atoms with E-state index in [0.29, 0.717) is 19.4 Å². The summed E-state index contributed by atoms with van der Waals surface area (Å²) >= 11 is 0. The fourth-order valence-corrected chi connectivity index (χ4v) is 8.82. The Bertz CT molecular complexity index is 1130. The number of carbonyl (C=O) groups excluding carboxylic acids is 2. The van der Waals surface area contributed by atoms with Crippen LogP contribution in [0.25, 0.3) is 0 Å². The molecule has 2 unspecified atom stereocenters. The lowest BCUT2D eigenvalue weighted by Crippen LogP contribution is -2.45. The van der Waals surface area contributed by atoms with Crippen molar-refractivity contribution in [2.45, 2.75) is 315 Å². The second kappa shape index (κ2) is 56.4. The number of ether oxygens (including phenoxy) is 1. The normalized spacial score (nSPS) is 13.0. The van der Waals surface area contributed by atoms with Gasteiger partial charge in [0.2, 0.25) is 5.91 Å². The maximum atomic E-state index is 12.5. The molecule has 392 valence electrons. The van der Waals surface area contributed by atoms with Crippen LogP contribution in [0, 0.1) is 0 Å². The number of unbranched alkanes of at least 4 members (excludes halogenated alkanes) is 37. The molecule has 0 saturated carbocycles. The first kappa shape index (κ1) is 64.8. The van der Waals surface area contributed by atoms with E-state index >= 15 is 0 Å². The Morgan fingerprint density at radius 1 is 0.418 bits per heavy atom. The van der Waals surface area contributed by atoms with Gasteiger partial charge in [0.1, 0.15) is 0 Å². The van der Waals surface area contributed by atoms with Crippen LogP contribution in [0.4, 0.5) is 0 Å². The van der Waals surface area contributed by atoms with Gasteiger partial charge >= 0.3 is 5.97 Å². The number of aliphatic hydroxyl groups is 2. The molecular weight excluding hydrogens is 827 g/mol. The van der Waals surface area contributed by atoms with E-state index in [1.165, 1.54) is 225 Å². The summed E-state index contributed by atoms with van der Waals surface area (Å²) < 4.78 is 5.40. The highest BCUT2D eigenvalue weighted by molar-refractivity contribution is 5.76. The van der Waals surface area contributed by atoms with Crippen molar-refractivity contribution in [3.8, 4) is 0 Å². The lowest BCUT2D eigenvalue weighted by Gasteiger charge is -2.20. The van der Waals surface area contributed by atoms with Gasteiger partial charge in [-0.3, -0.25) is 9.59 Å². The highest BCUT2D eigenvalue weighted by Gasteiger charge is 2.18. The van der Waals surface area contributed by atoms with Crippen molar-refractivity contribution in [1.29, 1.82) is 0 Å². The van der Waals surface area contributed by atoms with Crippen LogP contribution in [-0.2, 0) is 14.3 Å². The highest BCUT2D eigenvalue weighted by Crippen LogP contribution is 2.16. The summed E-state index contributed by atoms with van der Waals surface area (Å²) in [5, 5.41) is 23.1. The molecule has 67 heavy (non-hydrogen) atoms. The van der Waals surface area contributed by atoms with Gasteiger partial charge in [0, 0.05) is 12.8 Å². The average Bonchev–Trinajstić information content (AvgIpc) is 3.33. The fraction of sp³-hybridized carbons (Fsp3) is 0.836. The molecule has 0 spiro atoms. The van der Waals surface area contributed by atoms with E-state index in [4.69, 9.17) is 4.74 Å². The third-order valence-electron chi connectivity index (χ3n) is 13.3. The molecule has 0 aliphatic carbocycles. The monoisotopic (exact) mass is 940 g/mol. The number of amides is 1. The second-order valence-corrected chi connectivity index (χ2v) is 20.0. The molecule has 6 heteroatoms. The summed E-state index contributed by atoms with van der Waals surface area (Å²) in [4.78, 5) is 24.4. The van der Waals surface area contributed by atoms with Crippen molar-refractivity contribution in [2.24, 2.45) is 0 Å². The molecule has 0 rings (SSSR count). The van der Waals surface area contributed by atoms with Crippen molar-refractivity contribution in [2.75, 3.05) is 13.2 Å². The molecule has 6 nitrogen and oxygen atoms in total. The Kier molecular flexibility index (Phi) is 54.6. The van der Waals surface area contributed by atoms with Crippen LogP contribution >= 0.6 is 0 Å². The van der Waals surface area contributed by atoms with Crippen LogP contribution in [0.3, 0.4) is 0 Å². The minimum Gasteiger partial charge on any atom is -0.465 e. The molecule has 3 N–H and O–H groups in total. The lowest BCUT2D eigenvalue weighted by atomic mass is 10.0. The number of hydrogen-bond donors (Lipinski definition) is 3. The van der Waals surface area contributed by atoms with Crippen LogP contribution in [0.15, 0.2) is 48.6 Å². The van der Waals surface area contributed by atoms with E-state index < -0.39 is 12.1 Å². The molecule has 0 radical (unpaired) electrons. The minimum absolute atomic E-state index is 0.0456. The minimum atomic E-state index is -0.849. The van der Waals surface area contributed by atoms with E-state index in [-0.39, 0.29) is 18.5 Å². The number of carbonyl (C=O) groups is 2. The molecule has 0 aromatic heterocycles. The van der Waals surface area contributed by atoms with Crippen LogP contribution < -0.4 is 5.32 Å². The van der Waals surface area contributed by atoms with E-state index in [0.717, 1.165) is 51.4 Å². The Balaban J connectivity index is 3.49. The second-order valence-electron chi connectivity index (χ2n) is 20.0. The Morgan fingerprint density at radius 3 is 1.16 bits per heavy atom. The van der Waals surface area contributed by atoms with Crippen molar-refractivity contribution in [1.82, 2.24) is 5.32 Å². The lowest BCUT2D eigenvalue weighted by molar-refractivity contribution is -0.143. The Labute approximate surface area is 416 Å². The van der Waals surface area contributed by atoms with Gasteiger partial charge in [-0.1, -0.05) is 262 Å². The molecule has 0 heterocycles. The molecule has 0 aromatic carbocycles. The molecule has 0 aromatic rings. The van der Waals surface area contributed by atoms with Gasteiger partial charge in [-0.2, -0.15) is 0 Å². The van der Waals surface area contributed by atoms with Gasteiger partial charge in [0.05, 0.1) is 25.4 Å². The molecule has 0 bridgehead atoms. The standard InChI is InChI=1S/C61H113NO5/c1-3-5-7-9-11-13-15-17-18-26-30-33-37-41-45-49-53-59(64)58(57-63)62-60(65)54-50-46-42-38-34-31-27-24-22-20-19-21-23-25-28-32-36-40-44-48-52-56-67-61(66)55-51-47-43-39-35-29-16-14-12-10-8-6-4-2/h14,16,32,36,44,48-49,53,58-59,63-64H,3-13,15,17-31,33-35,37-43,45-47,50-52,54-57H2,1-2H3,(H,62,65)/b16-14-,36-32-,48-44-,53-49+. The first-order chi connectivity index (χ1) is 33.0. The molecule has 0 aliphatic rings. The van der Waals surface area contributed by atoms with E-state index in [1.54, 1.807) is 6.08 Å². The molecule has 0 saturated heterocycles. The third-order valence-corrected chi connectivity index (χ3v) is 13.3. The van der Waals surface area contributed by atoms with Gasteiger partial charge < -0.3 is 20.3 Å². The zero-order chi connectivity index (χ0) is 48.6. The molecular formula is C61H113NO5. The first-order valence-electron chi connectivity index (χ1n) is 29.4. The Hall–Kier alpha value is -2.18. The van der Waals surface area contributed by atoms with Gasteiger partial charge in [-0.25, -0.2) is 0 Å². The average molecular weight is 941 g/mol.